The summed E-state index contributed by atoms with van der Waals surface area (Å²) in [6.45, 7) is 11.6. The number of hydrogen-bond acceptors (Lipinski definition) is 3. The molecule has 2 rings (SSSR count). The van der Waals surface area contributed by atoms with E-state index in [0.29, 0.717) is 12.5 Å². The van der Waals surface area contributed by atoms with Crippen LogP contribution in [0.2, 0.25) is 0 Å². The Morgan fingerprint density at radius 1 is 1.27 bits per heavy atom. The van der Waals surface area contributed by atoms with Gasteiger partial charge in [-0.2, -0.15) is 0 Å². The summed E-state index contributed by atoms with van der Waals surface area (Å²) in [5, 5.41) is 0. The molecule has 1 fully saturated rings. The molecule has 5 nitrogen and oxygen atoms in total. The van der Waals surface area contributed by atoms with Gasteiger partial charge in [0.05, 0.1) is 6.54 Å². The van der Waals surface area contributed by atoms with Crippen LogP contribution < -0.4 is 0 Å². The van der Waals surface area contributed by atoms with Crippen LogP contribution in [0.25, 0.3) is 0 Å². The fraction of sp³-hybridized carbons (Fsp3) is 0.765. The van der Waals surface area contributed by atoms with E-state index in [1.807, 2.05) is 24.9 Å². The highest BCUT2D eigenvalue weighted by atomic mass is 16.2. The molecule has 22 heavy (non-hydrogen) atoms. The van der Waals surface area contributed by atoms with Crippen molar-refractivity contribution in [2.45, 2.75) is 46.6 Å². The molecular formula is C17H30N4O. The zero-order chi connectivity index (χ0) is 15.9. The van der Waals surface area contributed by atoms with Gasteiger partial charge in [0.2, 0.25) is 5.91 Å². The predicted octanol–water partition coefficient (Wildman–Crippen LogP) is 2.03. The second-order valence-corrected chi connectivity index (χ2v) is 6.13. The van der Waals surface area contributed by atoms with Crippen LogP contribution in [0.5, 0.6) is 0 Å². The molecule has 2 heterocycles. The Bertz CT molecular complexity index is 459. The molecule has 0 spiro atoms. The van der Waals surface area contributed by atoms with Crippen LogP contribution in [-0.4, -0.2) is 58.0 Å². The maximum Gasteiger partial charge on any atom is 0.236 e. The molecule has 1 aliphatic rings. The molecule has 0 aliphatic carbocycles. The lowest BCUT2D eigenvalue weighted by molar-refractivity contribution is -0.132. The number of amides is 1. The maximum absolute atomic E-state index is 12.2. The molecule has 5 heteroatoms. The Kier molecular flexibility index (Phi) is 6.43. The lowest BCUT2D eigenvalue weighted by Crippen LogP contribution is -2.43. The summed E-state index contributed by atoms with van der Waals surface area (Å²) in [7, 11) is 0. The van der Waals surface area contributed by atoms with Crippen LogP contribution in [0.15, 0.2) is 12.4 Å². The molecule has 0 N–H and O–H groups in total. The third-order valence-corrected chi connectivity index (χ3v) is 4.75. The number of hydrogen-bond donors (Lipinski definition) is 0. The molecule has 1 saturated heterocycles. The van der Waals surface area contributed by atoms with Crippen molar-refractivity contribution >= 4 is 5.91 Å². The third kappa shape index (κ3) is 4.32. The highest BCUT2D eigenvalue weighted by molar-refractivity contribution is 5.78. The third-order valence-electron chi connectivity index (χ3n) is 4.75. The number of carbonyl (C=O) groups is 1. The molecule has 1 aromatic rings. The van der Waals surface area contributed by atoms with Gasteiger partial charge in [-0.15, -0.1) is 0 Å². The van der Waals surface area contributed by atoms with Crippen molar-refractivity contribution in [2.24, 2.45) is 5.92 Å². The van der Waals surface area contributed by atoms with Crippen molar-refractivity contribution in [3.63, 3.8) is 0 Å². The fourth-order valence-electron chi connectivity index (χ4n) is 3.29. The van der Waals surface area contributed by atoms with E-state index in [1.165, 1.54) is 18.7 Å². The number of piperidine rings is 1. The van der Waals surface area contributed by atoms with E-state index >= 15 is 0 Å². The van der Waals surface area contributed by atoms with Gasteiger partial charge in [-0.05, 0) is 45.7 Å². The number of imidazole rings is 1. The number of aryl methyl sites for hydroxylation is 1. The molecule has 0 unspecified atom stereocenters. The van der Waals surface area contributed by atoms with E-state index in [1.54, 1.807) is 0 Å². The van der Waals surface area contributed by atoms with Crippen LogP contribution >= 0.6 is 0 Å². The normalized spacial score (nSPS) is 16.9. The van der Waals surface area contributed by atoms with Crippen LogP contribution in [0.4, 0.5) is 0 Å². The first-order chi connectivity index (χ1) is 10.7. The second-order valence-electron chi connectivity index (χ2n) is 6.13. The lowest BCUT2D eigenvalue weighted by atomic mass is 9.96. The second kappa shape index (κ2) is 8.32. The Labute approximate surface area is 134 Å². The molecule has 0 radical (unpaired) electrons. The van der Waals surface area contributed by atoms with Gasteiger partial charge >= 0.3 is 0 Å². The quantitative estimate of drug-likeness (QED) is 0.774. The zero-order valence-electron chi connectivity index (χ0n) is 14.3. The monoisotopic (exact) mass is 306 g/mol. The molecule has 0 aromatic carbocycles. The standard InChI is InChI=1S/C17H30N4O/c1-4-16-18-9-12-21(16)13-15-7-10-19(11-8-15)14-17(22)20(5-2)6-3/h9,12,15H,4-8,10-11,13-14H2,1-3H3. The highest BCUT2D eigenvalue weighted by Gasteiger charge is 2.22. The van der Waals surface area contributed by atoms with E-state index in [4.69, 9.17) is 0 Å². The summed E-state index contributed by atoms with van der Waals surface area (Å²) in [5.41, 5.74) is 0. The number of carbonyl (C=O) groups excluding carboxylic acids is 1. The van der Waals surface area contributed by atoms with Gasteiger partial charge in [-0.25, -0.2) is 4.98 Å². The van der Waals surface area contributed by atoms with Crippen LogP contribution in [0.1, 0.15) is 39.4 Å². The first kappa shape index (κ1) is 17.0. The van der Waals surface area contributed by atoms with Crippen molar-refractivity contribution in [3.05, 3.63) is 18.2 Å². The molecule has 0 saturated carbocycles. The summed E-state index contributed by atoms with van der Waals surface area (Å²) in [5.74, 6) is 2.16. The first-order valence-electron chi connectivity index (χ1n) is 8.68. The topological polar surface area (TPSA) is 41.4 Å². The summed E-state index contributed by atoms with van der Waals surface area (Å²) < 4.78 is 2.29. The summed E-state index contributed by atoms with van der Waals surface area (Å²) >= 11 is 0. The van der Waals surface area contributed by atoms with Crippen LogP contribution in [0.3, 0.4) is 0 Å². The minimum atomic E-state index is 0.270. The SMILES string of the molecule is CCc1nccn1CC1CCN(CC(=O)N(CC)CC)CC1. The van der Waals surface area contributed by atoms with Gasteiger partial charge in [0.25, 0.3) is 0 Å². The van der Waals surface area contributed by atoms with Crippen molar-refractivity contribution in [1.29, 1.82) is 0 Å². The molecule has 124 valence electrons. The lowest BCUT2D eigenvalue weighted by Gasteiger charge is -2.33. The van der Waals surface area contributed by atoms with E-state index in [9.17, 15) is 4.79 Å². The minimum Gasteiger partial charge on any atom is -0.342 e. The van der Waals surface area contributed by atoms with Crippen LogP contribution in [-0.2, 0) is 17.8 Å². The molecule has 0 atom stereocenters. The predicted molar refractivity (Wildman–Crippen MR) is 88.7 cm³/mol. The van der Waals surface area contributed by atoms with E-state index < -0.39 is 0 Å². The first-order valence-corrected chi connectivity index (χ1v) is 8.68. The number of likely N-dealkylation sites (tertiary alicyclic amines) is 1. The van der Waals surface area contributed by atoms with Gasteiger partial charge in [0, 0.05) is 38.4 Å². The van der Waals surface area contributed by atoms with Crippen molar-refractivity contribution in [3.8, 4) is 0 Å². The average molecular weight is 306 g/mol. The van der Waals surface area contributed by atoms with Crippen molar-refractivity contribution in [2.75, 3.05) is 32.7 Å². The fourth-order valence-corrected chi connectivity index (χ4v) is 3.29. The smallest absolute Gasteiger partial charge is 0.236 e. The maximum atomic E-state index is 12.2. The largest absolute Gasteiger partial charge is 0.342 e. The van der Waals surface area contributed by atoms with E-state index in [-0.39, 0.29) is 5.91 Å². The number of rotatable bonds is 7. The molecule has 1 aromatic heterocycles. The van der Waals surface area contributed by atoms with Gasteiger partial charge < -0.3 is 9.47 Å². The number of aromatic nitrogens is 2. The molecule has 0 bridgehead atoms. The van der Waals surface area contributed by atoms with Gasteiger partial charge in [-0.3, -0.25) is 9.69 Å². The highest BCUT2D eigenvalue weighted by Crippen LogP contribution is 2.20. The van der Waals surface area contributed by atoms with Crippen LogP contribution in [0, 0.1) is 5.92 Å². The molecule has 1 amide bonds. The summed E-state index contributed by atoms with van der Waals surface area (Å²) in [6, 6.07) is 0. The van der Waals surface area contributed by atoms with Gasteiger partial charge in [0.15, 0.2) is 0 Å². The summed E-state index contributed by atoms with van der Waals surface area (Å²) in [6.07, 6.45) is 7.33. The minimum absolute atomic E-state index is 0.270. The Hall–Kier alpha value is -1.36. The number of nitrogens with zero attached hydrogens (tertiary/aromatic N) is 4. The number of likely N-dealkylation sites (N-methyl/N-ethyl adjacent to an activating group) is 1. The van der Waals surface area contributed by atoms with E-state index in [2.05, 4.69) is 27.6 Å². The van der Waals surface area contributed by atoms with Gasteiger partial charge in [-0.1, -0.05) is 6.92 Å². The van der Waals surface area contributed by atoms with Crippen molar-refractivity contribution < 1.29 is 4.79 Å². The Balaban J connectivity index is 1.77. The summed E-state index contributed by atoms with van der Waals surface area (Å²) in [4.78, 5) is 20.8. The zero-order valence-corrected chi connectivity index (χ0v) is 14.3. The van der Waals surface area contributed by atoms with Gasteiger partial charge in [0.1, 0.15) is 5.82 Å². The average Bonchev–Trinajstić information content (AvgIpc) is 2.97. The Morgan fingerprint density at radius 3 is 2.55 bits per heavy atom. The Morgan fingerprint density at radius 2 is 1.95 bits per heavy atom. The molecule has 1 aliphatic heterocycles. The van der Waals surface area contributed by atoms with Crippen molar-refractivity contribution in [1.82, 2.24) is 19.4 Å². The molecular weight excluding hydrogens is 276 g/mol. The van der Waals surface area contributed by atoms with E-state index in [0.717, 1.165) is 39.1 Å².